The minimum atomic E-state index is -5.47. The first-order valence-corrected chi connectivity index (χ1v) is 11.2. The molecule has 2 fully saturated rings. The number of nitrogens with zero attached hydrogens (tertiary/aromatic N) is 3. The Balaban J connectivity index is 1.66. The number of benzene rings is 1. The molecule has 212 valence electrons. The normalized spacial score (nSPS) is 22.3. The third kappa shape index (κ3) is 5.41. The highest BCUT2D eigenvalue weighted by Crippen LogP contribution is 2.52. The van der Waals surface area contributed by atoms with Crippen molar-refractivity contribution in [3.05, 3.63) is 51.8 Å². The Hall–Kier alpha value is -3.34. The fourth-order valence-electron chi connectivity index (χ4n) is 4.22. The average Bonchev–Trinajstić information content (AvgIpc) is 3.45. The molecule has 18 heteroatoms. The molecule has 2 saturated heterocycles. The number of nitrogens with one attached hydrogen (secondary N) is 2. The summed E-state index contributed by atoms with van der Waals surface area (Å²) in [6.07, 6.45) is -15.3. The van der Waals surface area contributed by atoms with Gasteiger partial charge in [0.15, 0.2) is 0 Å². The van der Waals surface area contributed by atoms with Crippen molar-refractivity contribution in [3.8, 4) is 0 Å². The number of hydrogen-bond acceptors (Lipinski definition) is 6. The number of carbonyl (C=O) groups excluding carboxylic acids is 2. The van der Waals surface area contributed by atoms with E-state index >= 15 is 0 Å². The van der Waals surface area contributed by atoms with Gasteiger partial charge in [0, 0.05) is 25.5 Å². The molecule has 2 aliphatic heterocycles. The number of anilines is 1. The van der Waals surface area contributed by atoms with Crippen molar-refractivity contribution in [2.24, 2.45) is 0 Å². The number of halogens is 10. The molecule has 0 aliphatic carbocycles. The van der Waals surface area contributed by atoms with Gasteiger partial charge in [0.25, 0.3) is 11.8 Å². The Morgan fingerprint density at radius 3 is 2.08 bits per heavy atom. The second kappa shape index (κ2) is 9.69. The Morgan fingerprint density at radius 1 is 1.05 bits per heavy atom. The van der Waals surface area contributed by atoms with Gasteiger partial charge in [-0.15, -0.1) is 0 Å². The summed E-state index contributed by atoms with van der Waals surface area (Å²) in [6, 6.07) is -1.05. The Labute approximate surface area is 217 Å². The van der Waals surface area contributed by atoms with E-state index in [0.717, 1.165) is 17.3 Å². The SMILES string of the molecule is O=C(NC1CONC1=O)c1cnc(N2CCC(c3cc(C(F)(F)F)c(Cl)c(C(F)(F)F)c3)(C(F)(F)F)C2)nc1. The molecule has 39 heavy (non-hydrogen) atoms. The highest BCUT2D eigenvalue weighted by molar-refractivity contribution is 6.32. The average molecular weight is 592 g/mol. The molecule has 2 unspecified atom stereocenters. The fraction of sp³-hybridized carbons (Fsp3) is 0.429. The van der Waals surface area contributed by atoms with Gasteiger partial charge in [-0.3, -0.25) is 14.4 Å². The Bertz CT molecular complexity index is 1250. The quantitative estimate of drug-likeness (QED) is 0.522. The number of amides is 2. The summed E-state index contributed by atoms with van der Waals surface area (Å²) in [6.45, 7) is -1.76. The van der Waals surface area contributed by atoms with E-state index in [2.05, 4.69) is 20.1 Å². The topological polar surface area (TPSA) is 96.5 Å². The summed E-state index contributed by atoms with van der Waals surface area (Å²) >= 11 is 5.33. The molecule has 2 aromatic rings. The lowest BCUT2D eigenvalue weighted by atomic mass is 9.77. The van der Waals surface area contributed by atoms with Crippen LogP contribution in [0.1, 0.15) is 33.5 Å². The van der Waals surface area contributed by atoms with Crippen LogP contribution in [0.3, 0.4) is 0 Å². The van der Waals surface area contributed by atoms with E-state index in [1.54, 1.807) is 0 Å². The maximum Gasteiger partial charge on any atom is 0.417 e. The summed E-state index contributed by atoms with van der Waals surface area (Å²) in [5.41, 5.74) is -6.69. The molecule has 4 rings (SSSR count). The first-order valence-electron chi connectivity index (χ1n) is 10.8. The number of aromatic nitrogens is 2. The van der Waals surface area contributed by atoms with E-state index in [0.29, 0.717) is 0 Å². The van der Waals surface area contributed by atoms with Gasteiger partial charge < -0.3 is 10.2 Å². The Kier molecular flexibility index (Phi) is 7.12. The van der Waals surface area contributed by atoms with Gasteiger partial charge in [0.2, 0.25) is 5.95 Å². The molecule has 1 aromatic heterocycles. The van der Waals surface area contributed by atoms with Gasteiger partial charge in [-0.2, -0.15) is 39.5 Å². The molecule has 0 saturated carbocycles. The number of rotatable bonds is 4. The molecule has 0 spiro atoms. The highest BCUT2D eigenvalue weighted by atomic mass is 35.5. The van der Waals surface area contributed by atoms with E-state index in [1.165, 1.54) is 0 Å². The van der Waals surface area contributed by atoms with Crippen LogP contribution in [0, 0.1) is 0 Å². The lowest BCUT2D eigenvalue weighted by Crippen LogP contribution is -2.45. The van der Waals surface area contributed by atoms with E-state index in [9.17, 15) is 49.1 Å². The van der Waals surface area contributed by atoms with Gasteiger partial charge in [0.1, 0.15) is 18.1 Å². The van der Waals surface area contributed by atoms with Gasteiger partial charge >= 0.3 is 18.5 Å². The van der Waals surface area contributed by atoms with Crippen molar-refractivity contribution in [2.75, 3.05) is 24.6 Å². The molecular formula is C21H15ClF9N5O3. The highest BCUT2D eigenvalue weighted by Gasteiger charge is 2.60. The monoisotopic (exact) mass is 591 g/mol. The molecular weight excluding hydrogens is 577 g/mol. The van der Waals surface area contributed by atoms with Crippen molar-refractivity contribution >= 4 is 29.4 Å². The summed E-state index contributed by atoms with van der Waals surface area (Å²) < 4.78 is 124. The number of hydroxylamine groups is 1. The number of alkyl halides is 9. The minimum Gasteiger partial charge on any atom is -0.340 e. The Morgan fingerprint density at radius 2 is 1.62 bits per heavy atom. The van der Waals surface area contributed by atoms with Gasteiger partial charge in [-0.05, 0) is 24.1 Å². The van der Waals surface area contributed by atoms with Crippen LogP contribution in [0.5, 0.6) is 0 Å². The summed E-state index contributed by atoms with van der Waals surface area (Å²) in [4.78, 5) is 37.0. The van der Waals surface area contributed by atoms with Crippen LogP contribution in [-0.4, -0.2) is 53.7 Å². The van der Waals surface area contributed by atoms with Crippen LogP contribution in [0.25, 0.3) is 0 Å². The first-order chi connectivity index (χ1) is 17.9. The molecule has 2 N–H and O–H groups in total. The van der Waals surface area contributed by atoms with Gasteiger partial charge in [0.05, 0.1) is 21.7 Å². The van der Waals surface area contributed by atoms with Crippen LogP contribution < -0.4 is 15.7 Å². The molecule has 2 atom stereocenters. The molecule has 0 radical (unpaired) electrons. The summed E-state index contributed by atoms with van der Waals surface area (Å²) in [7, 11) is 0. The predicted molar refractivity (Wildman–Crippen MR) is 113 cm³/mol. The second-order valence-electron chi connectivity index (χ2n) is 8.71. The zero-order valence-corrected chi connectivity index (χ0v) is 19.8. The van der Waals surface area contributed by atoms with E-state index in [1.807, 2.05) is 5.48 Å². The molecule has 0 bridgehead atoms. The minimum absolute atomic E-state index is 0.0221. The lowest BCUT2D eigenvalue weighted by molar-refractivity contribution is -0.185. The fourth-order valence-corrected chi connectivity index (χ4v) is 4.54. The van der Waals surface area contributed by atoms with Crippen molar-refractivity contribution < 1.29 is 53.9 Å². The zero-order chi connectivity index (χ0) is 29.0. The molecule has 8 nitrogen and oxygen atoms in total. The smallest absolute Gasteiger partial charge is 0.340 e. The summed E-state index contributed by atoms with van der Waals surface area (Å²) in [5, 5.41) is 0.555. The van der Waals surface area contributed by atoms with Gasteiger partial charge in [-0.1, -0.05) is 11.6 Å². The molecule has 1 aromatic carbocycles. The van der Waals surface area contributed by atoms with Crippen molar-refractivity contribution in [2.45, 2.75) is 36.4 Å². The van der Waals surface area contributed by atoms with Crippen LogP contribution in [0.4, 0.5) is 45.5 Å². The summed E-state index contributed by atoms with van der Waals surface area (Å²) in [5.74, 6) is -1.79. The number of carbonyl (C=O) groups is 2. The first kappa shape index (κ1) is 28.7. The maximum atomic E-state index is 14.4. The predicted octanol–water partition coefficient (Wildman–Crippen LogP) is 4.04. The lowest BCUT2D eigenvalue weighted by Gasteiger charge is -2.33. The van der Waals surface area contributed by atoms with Crippen LogP contribution in [-0.2, 0) is 27.4 Å². The second-order valence-corrected chi connectivity index (χ2v) is 9.09. The standard InChI is InChI=1S/C21H15ClF9N5O3/c22-14-11(19(23,24)25)3-10(4-12(14)20(26,27)28)18(21(29,30)31)1-2-36(8-18)17-32-5-9(6-33-17)15(37)34-13-7-39-35-16(13)38/h3-6,13H,1-2,7-8H2,(H,34,37)(H,35,38). The van der Waals surface area contributed by atoms with Crippen molar-refractivity contribution in [1.29, 1.82) is 0 Å². The maximum absolute atomic E-state index is 14.4. The zero-order valence-electron chi connectivity index (χ0n) is 19.1. The third-order valence-corrected chi connectivity index (χ3v) is 6.68. The third-order valence-electron chi connectivity index (χ3n) is 6.28. The molecule has 2 amide bonds. The molecule has 2 aliphatic rings. The van der Waals surface area contributed by atoms with Crippen LogP contribution in [0.15, 0.2) is 24.5 Å². The van der Waals surface area contributed by atoms with Crippen LogP contribution in [0.2, 0.25) is 5.02 Å². The number of hydrogen-bond donors (Lipinski definition) is 2. The van der Waals surface area contributed by atoms with E-state index in [4.69, 9.17) is 11.6 Å². The van der Waals surface area contributed by atoms with Crippen molar-refractivity contribution in [3.63, 3.8) is 0 Å². The van der Waals surface area contributed by atoms with E-state index < -0.39 is 83.0 Å². The largest absolute Gasteiger partial charge is 0.417 e. The van der Waals surface area contributed by atoms with Gasteiger partial charge in [-0.25, -0.2) is 15.4 Å². The molecule has 3 heterocycles. The van der Waals surface area contributed by atoms with E-state index in [-0.39, 0.29) is 30.3 Å². The van der Waals surface area contributed by atoms with Crippen LogP contribution >= 0.6 is 11.6 Å². The van der Waals surface area contributed by atoms with Crippen molar-refractivity contribution in [1.82, 2.24) is 20.8 Å².